The average molecular weight is 280 g/mol. The standard InChI is InChI=1S/C16H28N2O2/c1-13(2)11-17-12-14-10-15(6-8-18-14)20-9-7-16(3,4)19-5/h6,8,10,13,17H,7,9,11-12H2,1-5H3. The summed E-state index contributed by atoms with van der Waals surface area (Å²) in [5.41, 5.74) is 0.864. The molecule has 114 valence electrons. The number of nitrogens with one attached hydrogen (secondary N) is 1. The van der Waals surface area contributed by atoms with Gasteiger partial charge in [0.25, 0.3) is 0 Å². The summed E-state index contributed by atoms with van der Waals surface area (Å²) in [6.07, 6.45) is 2.65. The molecular weight excluding hydrogens is 252 g/mol. The number of ether oxygens (including phenoxy) is 2. The van der Waals surface area contributed by atoms with E-state index in [0.29, 0.717) is 12.5 Å². The number of aromatic nitrogens is 1. The highest BCUT2D eigenvalue weighted by Gasteiger charge is 2.15. The van der Waals surface area contributed by atoms with Crippen molar-refractivity contribution < 1.29 is 9.47 Å². The van der Waals surface area contributed by atoms with E-state index in [0.717, 1.165) is 31.0 Å². The van der Waals surface area contributed by atoms with Gasteiger partial charge in [-0.25, -0.2) is 0 Å². The van der Waals surface area contributed by atoms with Crippen molar-refractivity contribution in [2.75, 3.05) is 20.3 Å². The molecule has 0 fully saturated rings. The second kappa shape index (κ2) is 8.22. The third kappa shape index (κ3) is 6.87. The molecule has 0 saturated heterocycles. The Morgan fingerprint density at radius 3 is 2.75 bits per heavy atom. The van der Waals surface area contributed by atoms with Gasteiger partial charge in [-0.15, -0.1) is 0 Å². The van der Waals surface area contributed by atoms with Crippen LogP contribution in [-0.4, -0.2) is 30.8 Å². The number of pyridine rings is 1. The summed E-state index contributed by atoms with van der Waals surface area (Å²) in [5, 5.41) is 3.38. The number of methoxy groups -OCH3 is 1. The Labute approximate surface area is 122 Å². The molecule has 1 N–H and O–H groups in total. The molecule has 0 aliphatic carbocycles. The Morgan fingerprint density at radius 2 is 2.10 bits per heavy atom. The van der Waals surface area contributed by atoms with Gasteiger partial charge in [0.1, 0.15) is 5.75 Å². The molecule has 0 amide bonds. The zero-order valence-corrected chi connectivity index (χ0v) is 13.4. The maximum atomic E-state index is 5.76. The van der Waals surface area contributed by atoms with Crippen LogP contribution >= 0.6 is 0 Å². The molecule has 0 radical (unpaired) electrons. The van der Waals surface area contributed by atoms with Crippen molar-refractivity contribution in [3.63, 3.8) is 0 Å². The largest absolute Gasteiger partial charge is 0.493 e. The van der Waals surface area contributed by atoms with Gasteiger partial charge >= 0.3 is 0 Å². The van der Waals surface area contributed by atoms with Crippen LogP contribution in [0.5, 0.6) is 5.75 Å². The van der Waals surface area contributed by atoms with Crippen molar-refractivity contribution in [2.45, 2.75) is 46.3 Å². The molecule has 0 spiro atoms. The van der Waals surface area contributed by atoms with E-state index in [1.807, 2.05) is 12.1 Å². The SMILES string of the molecule is COC(C)(C)CCOc1ccnc(CNCC(C)C)c1. The molecule has 0 bridgehead atoms. The van der Waals surface area contributed by atoms with Gasteiger partial charge in [0, 0.05) is 32.3 Å². The lowest BCUT2D eigenvalue weighted by Crippen LogP contribution is -2.25. The third-order valence-corrected chi connectivity index (χ3v) is 3.17. The molecule has 0 atom stereocenters. The van der Waals surface area contributed by atoms with Crippen LogP contribution in [0.25, 0.3) is 0 Å². The van der Waals surface area contributed by atoms with Gasteiger partial charge in [0.05, 0.1) is 17.9 Å². The van der Waals surface area contributed by atoms with Crippen LogP contribution in [0.15, 0.2) is 18.3 Å². The second-order valence-electron chi connectivity index (χ2n) is 6.07. The van der Waals surface area contributed by atoms with Crippen LogP contribution in [0.3, 0.4) is 0 Å². The minimum Gasteiger partial charge on any atom is -0.493 e. The van der Waals surface area contributed by atoms with Gasteiger partial charge in [-0.2, -0.15) is 0 Å². The van der Waals surface area contributed by atoms with Crippen LogP contribution < -0.4 is 10.1 Å². The summed E-state index contributed by atoms with van der Waals surface area (Å²) in [6.45, 7) is 10.9. The smallest absolute Gasteiger partial charge is 0.122 e. The van der Waals surface area contributed by atoms with Crippen LogP contribution in [-0.2, 0) is 11.3 Å². The number of hydrogen-bond acceptors (Lipinski definition) is 4. The second-order valence-corrected chi connectivity index (χ2v) is 6.07. The van der Waals surface area contributed by atoms with E-state index < -0.39 is 0 Å². The molecule has 0 unspecified atom stereocenters. The van der Waals surface area contributed by atoms with Crippen LogP contribution in [0, 0.1) is 5.92 Å². The highest BCUT2D eigenvalue weighted by atomic mass is 16.5. The first-order valence-electron chi connectivity index (χ1n) is 7.26. The molecule has 0 aliphatic heterocycles. The Balaban J connectivity index is 2.39. The number of rotatable bonds is 9. The molecule has 0 aromatic carbocycles. The molecular formula is C16H28N2O2. The summed E-state index contributed by atoms with van der Waals surface area (Å²) >= 11 is 0. The third-order valence-electron chi connectivity index (χ3n) is 3.17. The summed E-state index contributed by atoms with van der Waals surface area (Å²) in [7, 11) is 1.73. The van der Waals surface area contributed by atoms with E-state index in [-0.39, 0.29) is 5.60 Å². The number of hydrogen-bond donors (Lipinski definition) is 1. The van der Waals surface area contributed by atoms with Gasteiger partial charge in [0.2, 0.25) is 0 Å². The highest BCUT2D eigenvalue weighted by molar-refractivity contribution is 5.22. The Bertz CT molecular complexity index is 392. The maximum Gasteiger partial charge on any atom is 0.122 e. The quantitative estimate of drug-likeness (QED) is 0.755. The van der Waals surface area contributed by atoms with Gasteiger partial charge < -0.3 is 14.8 Å². The summed E-state index contributed by atoms with van der Waals surface area (Å²) < 4.78 is 11.1. The lowest BCUT2D eigenvalue weighted by molar-refractivity contribution is 0.00544. The van der Waals surface area contributed by atoms with E-state index >= 15 is 0 Å². The zero-order valence-electron chi connectivity index (χ0n) is 13.4. The normalized spacial score (nSPS) is 11.9. The van der Waals surface area contributed by atoms with E-state index in [1.165, 1.54) is 0 Å². The van der Waals surface area contributed by atoms with Crippen molar-refractivity contribution in [1.82, 2.24) is 10.3 Å². The first-order chi connectivity index (χ1) is 9.43. The fourth-order valence-electron chi connectivity index (χ4n) is 1.65. The first-order valence-corrected chi connectivity index (χ1v) is 7.26. The van der Waals surface area contributed by atoms with E-state index in [2.05, 4.69) is 38.0 Å². The predicted octanol–water partition coefficient (Wildman–Crippen LogP) is 3.02. The van der Waals surface area contributed by atoms with Crippen molar-refractivity contribution in [2.24, 2.45) is 5.92 Å². The molecule has 0 aliphatic rings. The molecule has 1 aromatic heterocycles. The van der Waals surface area contributed by atoms with Crippen LogP contribution in [0.4, 0.5) is 0 Å². The van der Waals surface area contributed by atoms with Crippen molar-refractivity contribution >= 4 is 0 Å². The topological polar surface area (TPSA) is 43.4 Å². The number of nitrogens with zero attached hydrogens (tertiary/aromatic N) is 1. The van der Waals surface area contributed by atoms with E-state index in [4.69, 9.17) is 9.47 Å². The molecule has 1 aromatic rings. The van der Waals surface area contributed by atoms with Crippen molar-refractivity contribution in [3.05, 3.63) is 24.0 Å². The van der Waals surface area contributed by atoms with E-state index in [9.17, 15) is 0 Å². The fourth-order valence-corrected chi connectivity index (χ4v) is 1.65. The minimum absolute atomic E-state index is 0.144. The Kier molecular flexibility index (Phi) is 6.96. The fraction of sp³-hybridized carbons (Fsp3) is 0.688. The average Bonchev–Trinajstić information content (AvgIpc) is 2.39. The van der Waals surface area contributed by atoms with Crippen molar-refractivity contribution in [1.29, 1.82) is 0 Å². The first kappa shape index (κ1) is 16.9. The molecule has 1 heterocycles. The molecule has 4 heteroatoms. The monoisotopic (exact) mass is 280 g/mol. The highest BCUT2D eigenvalue weighted by Crippen LogP contribution is 2.16. The molecule has 4 nitrogen and oxygen atoms in total. The lowest BCUT2D eigenvalue weighted by Gasteiger charge is -2.22. The maximum absolute atomic E-state index is 5.76. The summed E-state index contributed by atoms with van der Waals surface area (Å²) in [5.74, 6) is 1.51. The minimum atomic E-state index is -0.144. The van der Waals surface area contributed by atoms with Gasteiger partial charge in [-0.1, -0.05) is 13.8 Å². The summed E-state index contributed by atoms with van der Waals surface area (Å²) in [4.78, 5) is 4.34. The summed E-state index contributed by atoms with van der Waals surface area (Å²) in [6, 6.07) is 3.89. The Hall–Kier alpha value is -1.13. The van der Waals surface area contributed by atoms with Gasteiger partial charge in [-0.3, -0.25) is 4.98 Å². The van der Waals surface area contributed by atoms with Crippen LogP contribution in [0.2, 0.25) is 0 Å². The molecule has 1 rings (SSSR count). The Morgan fingerprint density at radius 1 is 1.35 bits per heavy atom. The zero-order chi connectivity index (χ0) is 15.0. The van der Waals surface area contributed by atoms with Gasteiger partial charge in [-0.05, 0) is 32.4 Å². The predicted molar refractivity (Wildman–Crippen MR) is 82.0 cm³/mol. The van der Waals surface area contributed by atoms with Gasteiger partial charge in [0.15, 0.2) is 0 Å². The van der Waals surface area contributed by atoms with Crippen molar-refractivity contribution in [3.8, 4) is 5.75 Å². The molecule has 20 heavy (non-hydrogen) atoms. The van der Waals surface area contributed by atoms with Crippen LogP contribution in [0.1, 0.15) is 39.8 Å². The molecule has 0 saturated carbocycles. The lowest BCUT2D eigenvalue weighted by atomic mass is 10.1. The van der Waals surface area contributed by atoms with E-state index in [1.54, 1.807) is 13.3 Å².